The number of hydrogen-bond acceptors (Lipinski definition) is 6. The largest absolute Gasteiger partial charge is 0.392 e. The van der Waals surface area contributed by atoms with Gasteiger partial charge in [-0.15, -0.1) is 0 Å². The van der Waals surface area contributed by atoms with Gasteiger partial charge in [-0.05, 0) is 37.7 Å². The molecular weight excluding hydrogens is 485 g/mol. The lowest BCUT2D eigenvalue weighted by Gasteiger charge is -2.47. The zero-order valence-corrected chi connectivity index (χ0v) is 21.8. The van der Waals surface area contributed by atoms with Gasteiger partial charge in [0.25, 0.3) is 0 Å². The van der Waals surface area contributed by atoms with E-state index in [1.54, 1.807) is 11.9 Å². The number of carbonyl (C=O) groups is 2. The summed E-state index contributed by atoms with van der Waals surface area (Å²) in [6.07, 6.45) is -1.09. The number of likely N-dealkylation sites (tertiary alicyclic amines) is 1. The van der Waals surface area contributed by atoms with E-state index in [4.69, 9.17) is 4.98 Å². The van der Waals surface area contributed by atoms with Gasteiger partial charge in [-0.1, -0.05) is 20.4 Å². The molecule has 2 saturated heterocycles. The molecule has 3 aliphatic rings. The molecular formula is C26H37F3N6O2. The highest BCUT2D eigenvalue weighted by molar-refractivity contribution is 5.87. The Morgan fingerprint density at radius 1 is 1.24 bits per heavy atom. The summed E-state index contributed by atoms with van der Waals surface area (Å²) in [4.78, 5) is 37.3. The predicted octanol–water partition coefficient (Wildman–Crippen LogP) is 3.33. The molecule has 1 spiro atoms. The van der Waals surface area contributed by atoms with Crippen LogP contribution in [-0.2, 0) is 22.4 Å². The normalized spacial score (nSPS) is 21.4. The molecule has 8 nitrogen and oxygen atoms in total. The fourth-order valence-electron chi connectivity index (χ4n) is 5.84. The summed E-state index contributed by atoms with van der Waals surface area (Å²) < 4.78 is 40.8. The Bertz CT molecular complexity index is 1040. The first-order valence-electron chi connectivity index (χ1n) is 13.0. The molecule has 2 amide bonds. The molecule has 37 heavy (non-hydrogen) atoms. The van der Waals surface area contributed by atoms with Gasteiger partial charge in [-0.25, -0.2) is 4.98 Å². The van der Waals surface area contributed by atoms with Gasteiger partial charge < -0.3 is 20.4 Å². The maximum Gasteiger partial charge on any atom is 0.392 e. The molecule has 2 N–H and O–H groups in total. The topological polar surface area (TPSA) is 90.5 Å². The van der Waals surface area contributed by atoms with Crippen molar-refractivity contribution in [1.29, 1.82) is 0 Å². The summed E-state index contributed by atoms with van der Waals surface area (Å²) in [7, 11) is 1.59. The van der Waals surface area contributed by atoms with E-state index in [1.165, 1.54) is 6.08 Å². The van der Waals surface area contributed by atoms with Crippen molar-refractivity contribution in [2.75, 3.05) is 43.4 Å². The van der Waals surface area contributed by atoms with E-state index in [0.29, 0.717) is 56.0 Å². The molecule has 11 heteroatoms. The first kappa shape index (κ1) is 27.2. The van der Waals surface area contributed by atoms with Crippen LogP contribution < -0.4 is 15.5 Å². The lowest BCUT2D eigenvalue weighted by atomic mass is 9.79. The summed E-state index contributed by atoms with van der Waals surface area (Å²) in [5.74, 6) is -0.365. The van der Waals surface area contributed by atoms with E-state index < -0.39 is 12.1 Å². The number of hydrogen-bond donors (Lipinski definition) is 2. The molecule has 2 aliphatic heterocycles. The van der Waals surface area contributed by atoms with Crippen LogP contribution in [0.25, 0.3) is 0 Å². The van der Waals surface area contributed by atoms with Gasteiger partial charge in [-0.3, -0.25) is 9.59 Å². The van der Waals surface area contributed by atoms with Crippen molar-refractivity contribution in [2.24, 2.45) is 17.3 Å². The van der Waals surface area contributed by atoms with Gasteiger partial charge in [0.05, 0.1) is 11.6 Å². The number of nitrogens with one attached hydrogen (secondary N) is 2. The first-order valence-corrected chi connectivity index (χ1v) is 13.0. The number of nitrogens with zero attached hydrogens (tertiary/aromatic N) is 4. The third-order valence-electron chi connectivity index (χ3n) is 7.79. The highest BCUT2D eigenvalue weighted by atomic mass is 19.4. The Labute approximate surface area is 216 Å². The summed E-state index contributed by atoms with van der Waals surface area (Å²) in [5.41, 5.74) is 1.09. The van der Waals surface area contributed by atoms with Crippen molar-refractivity contribution in [3.05, 3.63) is 23.9 Å². The van der Waals surface area contributed by atoms with Crippen molar-refractivity contribution in [1.82, 2.24) is 20.2 Å². The number of carbonyl (C=O) groups excluding carboxylic acids is 2. The van der Waals surface area contributed by atoms with E-state index >= 15 is 0 Å². The number of amides is 2. The van der Waals surface area contributed by atoms with Gasteiger partial charge in [0.15, 0.2) is 0 Å². The molecule has 4 rings (SSSR count). The van der Waals surface area contributed by atoms with E-state index in [-0.39, 0.29) is 49.0 Å². The quantitative estimate of drug-likeness (QED) is 0.509. The SMILES string of the molecule is C=CC(=O)N1CC2(CCN(c3nc4c(c(NC(CC(=O)NC)CC(C)C)n3)CCC(C(F)(F)F)C4)C2)C1. The standard InChI is InChI=1S/C26H37F3N6O2/c1-5-22(37)35-14-25(15-35)8-9-34(13-25)24-32-20-11-17(26(27,28)29)6-7-19(20)23(33-24)31-18(10-16(2)3)12-21(36)30-4/h5,16-18H,1,6-15H2,2-4H3,(H,30,36)(H,31,32,33). The number of fused-ring (bicyclic) bond motifs is 1. The molecule has 0 bridgehead atoms. The molecule has 1 aliphatic carbocycles. The molecule has 1 aromatic rings. The Morgan fingerprint density at radius 3 is 2.59 bits per heavy atom. The van der Waals surface area contributed by atoms with Gasteiger partial charge >= 0.3 is 6.18 Å². The van der Waals surface area contributed by atoms with Crippen molar-refractivity contribution >= 4 is 23.6 Å². The summed E-state index contributed by atoms with van der Waals surface area (Å²) >= 11 is 0. The molecule has 1 aromatic heterocycles. The summed E-state index contributed by atoms with van der Waals surface area (Å²) in [6, 6.07) is -0.206. The van der Waals surface area contributed by atoms with Crippen LogP contribution in [-0.4, -0.2) is 72.1 Å². The number of halogens is 3. The fraction of sp³-hybridized carbons (Fsp3) is 0.692. The van der Waals surface area contributed by atoms with Crippen LogP contribution in [0.15, 0.2) is 12.7 Å². The predicted molar refractivity (Wildman–Crippen MR) is 135 cm³/mol. The Morgan fingerprint density at radius 2 is 1.97 bits per heavy atom. The fourth-order valence-corrected chi connectivity index (χ4v) is 5.84. The smallest absolute Gasteiger partial charge is 0.366 e. The highest BCUT2D eigenvalue weighted by Crippen LogP contribution is 2.43. The number of alkyl halides is 3. The highest BCUT2D eigenvalue weighted by Gasteiger charge is 2.49. The molecule has 0 saturated carbocycles. The number of aromatic nitrogens is 2. The molecule has 2 fully saturated rings. The van der Waals surface area contributed by atoms with Crippen LogP contribution in [0.2, 0.25) is 0 Å². The molecule has 204 valence electrons. The number of rotatable bonds is 8. The Hall–Kier alpha value is -2.85. The van der Waals surface area contributed by atoms with Crippen LogP contribution in [0.1, 0.15) is 50.8 Å². The Kier molecular flexibility index (Phi) is 7.71. The minimum Gasteiger partial charge on any atom is -0.366 e. The second kappa shape index (κ2) is 10.5. The maximum atomic E-state index is 13.6. The lowest BCUT2D eigenvalue weighted by molar-refractivity contribution is -0.177. The van der Waals surface area contributed by atoms with E-state index in [2.05, 4.69) is 36.0 Å². The minimum absolute atomic E-state index is 0.00181. The van der Waals surface area contributed by atoms with E-state index in [1.807, 2.05) is 4.90 Å². The third kappa shape index (κ3) is 6.01. The third-order valence-corrected chi connectivity index (χ3v) is 7.79. The van der Waals surface area contributed by atoms with Gasteiger partial charge in [-0.2, -0.15) is 18.2 Å². The molecule has 2 atom stereocenters. The zero-order chi connectivity index (χ0) is 27.0. The average molecular weight is 523 g/mol. The first-order chi connectivity index (χ1) is 17.4. The maximum absolute atomic E-state index is 13.6. The van der Waals surface area contributed by atoms with E-state index in [0.717, 1.165) is 12.0 Å². The van der Waals surface area contributed by atoms with Crippen molar-refractivity contribution < 1.29 is 22.8 Å². The van der Waals surface area contributed by atoms with Crippen LogP contribution >= 0.6 is 0 Å². The summed E-state index contributed by atoms with van der Waals surface area (Å²) in [5, 5.41) is 6.07. The van der Waals surface area contributed by atoms with Crippen LogP contribution in [0.5, 0.6) is 0 Å². The minimum atomic E-state index is -4.28. The summed E-state index contributed by atoms with van der Waals surface area (Å²) in [6.45, 7) is 10.2. The number of anilines is 2. The van der Waals surface area contributed by atoms with Crippen molar-refractivity contribution in [2.45, 2.75) is 64.6 Å². The second-order valence-electron chi connectivity index (χ2n) is 11.2. The zero-order valence-electron chi connectivity index (χ0n) is 21.8. The molecule has 0 radical (unpaired) electrons. The van der Waals surface area contributed by atoms with Crippen LogP contribution in [0, 0.1) is 17.3 Å². The van der Waals surface area contributed by atoms with Gasteiger partial charge in [0, 0.05) is 63.1 Å². The Balaban J connectivity index is 1.61. The lowest BCUT2D eigenvalue weighted by Crippen LogP contribution is -2.59. The molecule has 2 unspecified atom stereocenters. The average Bonchev–Trinajstić information content (AvgIpc) is 3.27. The van der Waals surface area contributed by atoms with Gasteiger partial charge in [0.1, 0.15) is 5.82 Å². The van der Waals surface area contributed by atoms with Crippen molar-refractivity contribution in [3.63, 3.8) is 0 Å². The van der Waals surface area contributed by atoms with Crippen molar-refractivity contribution in [3.8, 4) is 0 Å². The van der Waals surface area contributed by atoms with Crippen LogP contribution in [0.3, 0.4) is 0 Å². The van der Waals surface area contributed by atoms with Crippen LogP contribution in [0.4, 0.5) is 24.9 Å². The second-order valence-corrected chi connectivity index (χ2v) is 11.2. The molecule has 3 heterocycles. The van der Waals surface area contributed by atoms with E-state index in [9.17, 15) is 22.8 Å². The van der Waals surface area contributed by atoms with Gasteiger partial charge in [0.2, 0.25) is 17.8 Å². The molecule has 0 aromatic carbocycles. The monoisotopic (exact) mass is 522 g/mol.